The number of aliphatic hydroxyl groups is 1. The quantitative estimate of drug-likeness (QED) is 0.894. The van der Waals surface area contributed by atoms with Crippen molar-refractivity contribution in [2.75, 3.05) is 38.7 Å². The Hall–Kier alpha value is -1.41. The highest BCUT2D eigenvalue weighted by Crippen LogP contribution is 2.30. The number of rotatable bonds is 5. The van der Waals surface area contributed by atoms with Gasteiger partial charge in [0, 0.05) is 31.9 Å². The van der Waals surface area contributed by atoms with Crippen molar-refractivity contribution in [2.45, 2.75) is 31.5 Å². The van der Waals surface area contributed by atoms with E-state index in [0.29, 0.717) is 25.6 Å². The summed E-state index contributed by atoms with van der Waals surface area (Å²) in [6, 6.07) is 1.24. The van der Waals surface area contributed by atoms with Crippen LogP contribution < -0.4 is 4.90 Å². The molecule has 5 nitrogen and oxygen atoms in total. The Kier molecular flexibility index (Phi) is 5.80. The maximum absolute atomic E-state index is 12.8. The Morgan fingerprint density at radius 1 is 1.39 bits per heavy atom. The van der Waals surface area contributed by atoms with Gasteiger partial charge in [-0.05, 0) is 45.3 Å². The van der Waals surface area contributed by atoms with E-state index in [4.69, 9.17) is 5.11 Å². The first-order chi connectivity index (χ1) is 10.8. The summed E-state index contributed by atoms with van der Waals surface area (Å²) in [6.45, 7) is 1.35. The lowest BCUT2D eigenvalue weighted by Crippen LogP contribution is -2.49. The highest BCUT2D eigenvalue weighted by atomic mass is 19.4. The molecule has 0 aliphatic carbocycles. The largest absolute Gasteiger partial charge is 0.433 e. The fraction of sp³-hybridized carbons (Fsp3) is 0.733. The van der Waals surface area contributed by atoms with Crippen LogP contribution >= 0.6 is 0 Å². The number of hydrogen-bond donors (Lipinski definition) is 1. The van der Waals surface area contributed by atoms with E-state index in [1.54, 1.807) is 0 Å². The summed E-state index contributed by atoms with van der Waals surface area (Å²) in [5, 5.41) is 9.05. The molecular weight excluding hydrogens is 309 g/mol. The predicted octanol–water partition coefficient (Wildman–Crippen LogP) is 2.02. The number of aliphatic hydroxyl groups excluding tert-OH is 1. The maximum atomic E-state index is 12.8. The lowest BCUT2D eigenvalue weighted by atomic mass is 9.87. The van der Waals surface area contributed by atoms with Crippen LogP contribution in [0, 0.1) is 5.92 Å². The molecule has 0 aromatic carbocycles. The highest BCUT2D eigenvalue weighted by molar-refractivity contribution is 5.32. The van der Waals surface area contributed by atoms with Gasteiger partial charge in [0.25, 0.3) is 0 Å². The van der Waals surface area contributed by atoms with E-state index in [1.165, 1.54) is 0 Å². The van der Waals surface area contributed by atoms with Crippen molar-refractivity contribution in [1.82, 2.24) is 14.9 Å². The maximum Gasteiger partial charge on any atom is 0.433 e. The number of hydrogen-bond acceptors (Lipinski definition) is 5. The molecule has 0 spiro atoms. The second-order valence-corrected chi connectivity index (χ2v) is 6.13. The molecule has 2 heterocycles. The van der Waals surface area contributed by atoms with Gasteiger partial charge < -0.3 is 14.9 Å². The molecule has 2 rings (SSSR count). The molecule has 0 unspecified atom stereocenters. The predicted molar refractivity (Wildman–Crippen MR) is 81.1 cm³/mol. The van der Waals surface area contributed by atoms with Crippen molar-refractivity contribution in [3.8, 4) is 0 Å². The molecule has 2 atom stereocenters. The van der Waals surface area contributed by atoms with Crippen LogP contribution in [0.5, 0.6) is 0 Å². The van der Waals surface area contributed by atoms with Crippen molar-refractivity contribution in [3.05, 3.63) is 18.0 Å². The molecule has 0 radical (unpaired) electrons. The average molecular weight is 332 g/mol. The Labute approximate surface area is 134 Å². The number of alkyl halides is 3. The molecule has 0 saturated carbocycles. The second kappa shape index (κ2) is 7.44. The number of nitrogens with zero attached hydrogens (tertiary/aromatic N) is 4. The smallest absolute Gasteiger partial charge is 0.396 e. The van der Waals surface area contributed by atoms with E-state index in [-0.39, 0.29) is 18.5 Å². The van der Waals surface area contributed by atoms with Crippen LogP contribution in [0.1, 0.15) is 25.0 Å². The summed E-state index contributed by atoms with van der Waals surface area (Å²) in [4.78, 5) is 11.7. The zero-order chi connectivity index (χ0) is 17.0. The minimum absolute atomic E-state index is 0.122. The molecular formula is C15H23F3N4O. The second-order valence-electron chi connectivity index (χ2n) is 6.13. The molecule has 1 aliphatic rings. The number of halogens is 3. The van der Waals surface area contributed by atoms with Gasteiger partial charge in [0.2, 0.25) is 5.95 Å². The number of aromatic nitrogens is 2. The van der Waals surface area contributed by atoms with Crippen molar-refractivity contribution in [1.29, 1.82) is 0 Å². The van der Waals surface area contributed by atoms with Crippen LogP contribution in [0.25, 0.3) is 0 Å². The molecule has 1 fully saturated rings. The van der Waals surface area contributed by atoms with Crippen LogP contribution in [0.15, 0.2) is 12.3 Å². The normalized spacial score (nSPS) is 22.7. The molecule has 1 aromatic heterocycles. The third kappa shape index (κ3) is 4.54. The van der Waals surface area contributed by atoms with Crippen LogP contribution in [0.4, 0.5) is 19.1 Å². The molecule has 1 saturated heterocycles. The van der Waals surface area contributed by atoms with Gasteiger partial charge in [-0.2, -0.15) is 13.2 Å². The fourth-order valence-electron chi connectivity index (χ4n) is 3.18. The zero-order valence-corrected chi connectivity index (χ0v) is 13.4. The van der Waals surface area contributed by atoms with E-state index in [2.05, 4.69) is 14.9 Å². The van der Waals surface area contributed by atoms with Gasteiger partial charge in [-0.1, -0.05) is 0 Å². The van der Waals surface area contributed by atoms with Gasteiger partial charge >= 0.3 is 6.18 Å². The summed E-state index contributed by atoms with van der Waals surface area (Å²) in [5.41, 5.74) is -0.913. The van der Waals surface area contributed by atoms with Crippen molar-refractivity contribution in [3.63, 3.8) is 0 Å². The average Bonchev–Trinajstić information content (AvgIpc) is 2.51. The lowest BCUT2D eigenvalue weighted by molar-refractivity contribution is -0.141. The van der Waals surface area contributed by atoms with Gasteiger partial charge in [0.15, 0.2) is 0 Å². The van der Waals surface area contributed by atoms with E-state index in [0.717, 1.165) is 25.1 Å². The summed E-state index contributed by atoms with van der Waals surface area (Å²) in [7, 11) is 4.01. The Balaban J connectivity index is 2.15. The minimum atomic E-state index is -4.46. The number of anilines is 1. The molecule has 130 valence electrons. The van der Waals surface area contributed by atoms with Crippen LogP contribution in [0.2, 0.25) is 0 Å². The van der Waals surface area contributed by atoms with E-state index in [1.807, 2.05) is 19.0 Å². The highest BCUT2D eigenvalue weighted by Gasteiger charge is 2.35. The monoisotopic (exact) mass is 332 g/mol. The summed E-state index contributed by atoms with van der Waals surface area (Å²) < 4.78 is 38.4. The first kappa shape index (κ1) is 17.9. The molecule has 1 aromatic rings. The fourth-order valence-corrected chi connectivity index (χ4v) is 3.18. The van der Waals surface area contributed by atoms with Gasteiger partial charge in [-0.25, -0.2) is 9.97 Å². The van der Waals surface area contributed by atoms with E-state index >= 15 is 0 Å². The van der Waals surface area contributed by atoms with Gasteiger partial charge in [-0.15, -0.1) is 0 Å². The molecule has 0 bridgehead atoms. The third-order valence-corrected chi connectivity index (χ3v) is 4.31. The van der Waals surface area contributed by atoms with Gasteiger partial charge in [0.05, 0.1) is 0 Å². The zero-order valence-electron chi connectivity index (χ0n) is 13.4. The van der Waals surface area contributed by atoms with Crippen molar-refractivity contribution >= 4 is 5.95 Å². The van der Waals surface area contributed by atoms with E-state index in [9.17, 15) is 13.2 Å². The Morgan fingerprint density at radius 2 is 2.13 bits per heavy atom. The lowest BCUT2D eigenvalue weighted by Gasteiger charge is -2.41. The molecule has 8 heteroatoms. The third-order valence-electron chi connectivity index (χ3n) is 4.31. The van der Waals surface area contributed by atoms with Gasteiger partial charge in [-0.3, -0.25) is 0 Å². The first-order valence-electron chi connectivity index (χ1n) is 7.75. The van der Waals surface area contributed by atoms with Crippen LogP contribution in [-0.2, 0) is 6.18 Å². The SMILES string of the molecule is CN(C)[C@@H]1CCN(c2nccc(C(F)(F)F)n2)C[C@@H]1CCCO. The molecule has 1 N–H and O–H groups in total. The summed E-state index contributed by atoms with van der Waals surface area (Å²) >= 11 is 0. The summed E-state index contributed by atoms with van der Waals surface area (Å²) in [6.07, 6.45) is -0.953. The molecule has 0 amide bonds. The van der Waals surface area contributed by atoms with Crippen LogP contribution in [-0.4, -0.2) is 59.8 Å². The minimum Gasteiger partial charge on any atom is -0.396 e. The van der Waals surface area contributed by atoms with E-state index < -0.39 is 11.9 Å². The standard InChI is InChI=1S/C15H23F3N4O/c1-21(2)12-6-8-22(10-11(12)4-3-9-23)14-19-7-5-13(20-14)15(16,17)18/h5,7,11-12,23H,3-4,6,8-10H2,1-2H3/t11-,12+/m0/s1. The van der Waals surface area contributed by atoms with Gasteiger partial charge in [0.1, 0.15) is 5.69 Å². The van der Waals surface area contributed by atoms with Crippen LogP contribution in [0.3, 0.4) is 0 Å². The first-order valence-corrected chi connectivity index (χ1v) is 7.75. The van der Waals surface area contributed by atoms with Crippen molar-refractivity contribution in [2.24, 2.45) is 5.92 Å². The molecule has 1 aliphatic heterocycles. The topological polar surface area (TPSA) is 52.5 Å². The summed E-state index contributed by atoms with van der Waals surface area (Å²) in [5.74, 6) is 0.398. The number of piperidine rings is 1. The molecule has 23 heavy (non-hydrogen) atoms. The Bertz CT molecular complexity index is 510. The van der Waals surface area contributed by atoms with Crippen molar-refractivity contribution < 1.29 is 18.3 Å². The Morgan fingerprint density at radius 3 is 2.74 bits per heavy atom.